The fourth-order valence-corrected chi connectivity index (χ4v) is 2.56. The lowest BCUT2D eigenvalue weighted by Gasteiger charge is -2.15. The van der Waals surface area contributed by atoms with Crippen molar-refractivity contribution in [1.82, 2.24) is 14.9 Å². The van der Waals surface area contributed by atoms with Gasteiger partial charge in [0.15, 0.2) is 11.5 Å². The van der Waals surface area contributed by atoms with Gasteiger partial charge in [-0.05, 0) is 31.9 Å². The number of rotatable bonds is 10. The Morgan fingerprint density at radius 1 is 1.32 bits per heavy atom. The van der Waals surface area contributed by atoms with Gasteiger partial charge in [-0.3, -0.25) is 4.79 Å². The van der Waals surface area contributed by atoms with Gasteiger partial charge in [0, 0.05) is 31.0 Å². The molecular weight excluding hydrogens is 342 g/mol. The number of aromatic nitrogens is 2. The zero-order valence-corrected chi connectivity index (χ0v) is 15.4. The summed E-state index contributed by atoms with van der Waals surface area (Å²) in [5.41, 5.74) is 0.458. The molecule has 0 radical (unpaired) electrons. The minimum atomic E-state index is -0.185. The van der Waals surface area contributed by atoms with Gasteiger partial charge in [0.05, 0.1) is 24.6 Å². The van der Waals surface area contributed by atoms with Crippen molar-refractivity contribution in [1.29, 1.82) is 0 Å². The number of imidazole rings is 1. The summed E-state index contributed by atoms with van der Waals surface area (Å²) in [6, 6.07) is 3.28. The van der Waals surface area contributed by atoms with Gasteiger partial charge in [-0.2, -0.15) is 0 Å². The minimum absolute atomic E-state index is 0.185. The van der Waals surface area contributed by atoms with E-state index in [4.69, 9.17) is 21.1 Å². The summed E-state index contributed by atoms with van der Waals surface area (Å²) in [5, 5.41) is 3.27. The van der Waals surface area contributed by atoms with Crippen LogP contribution in [0.2, 0.25) is 5.02 Å². The van der Waals surface area contributed by atoms with Crippen LogP contribution in [0.4, 0.5) is 0 Å². The predicted molar refractivity (Wildman–Crippen MR) is 97.6 cm³/mol. The highest BCUT2D eigenvalue weighted by Crippen LogP contribution is 2.36. The summed E-state index contributed by atoms with van der Waals surface area (Å²) in [5.74, 6) is 0.796. The van der Waals surface area contributed by atoms with Crippen LogP contribution in [0.5, 0.6) is 11.5 Å². The number of hydrogen-bond donors (Lipinski definition) is 1. The van der Waals surface area contributed by atoms with Crippen molar-refractivity contribution in [3.63, 3.8) is 0 Å². The normalized spacial score (nSPS) is 10.5. The molecule has 1 amide bonds. The number of halogens is 1. The van der Waals surface area contributed by atoms with Crippen molar-refractivity contribution in [2.24, 2.45) is 0 Å². The van der Waals surface area contributed by atoms with Gasteiger partial charge in [0.2, 0.25) is 0 Å². The zero-order chi connectivity index (χ0) is 18.1. The van der Waals surface area contributed by atoms with E-state index < -0.39 is 0 Å². The molecule has 0 spiro atoms. The Morgan fingerprint density at radius 2 is 2.16 bits per heavy atom. The Bertz CT molecular complexity index is 674. The monoisotopic (exact) mass is 365 g/mol. The van der Waals surface area contributed by atoms with E-state index in [1.54, 1.807) is 24.7 Å². The zero-order valence-electron chi connectivity index (χ0n) is 14.6. The second kappa shape index (κ2) is 9.93. The van der Waals surface area contributed by atoms with E-state index >= 15 is 0 Å². The number of nitrogens with one attached hydrogen (secondary N) is 1. The molecule has 0 bridgehead atoms. The molecule has 1 aromatic heterocycles. The van der Waals surface area contributed by atoms with Crippen molar-refractivity contribution in [3.8, 4) is 11.5 Å². The molecule has 2 aromatic rings. The lowest BCUT2D eigenvalue weighted by Crippen LogP contribution is -2.25. The predicted octanol–water partition coefficient (Wildman–Crippen LogP) is 3.54. The summed E-state index contributed by atoms with van der Waals surface area (Å²) >= 11 is 6.28. The maximum Gasteiger partial charge on any atom is 0.251 e. The third-order valence-corrected chi connectivity index (χ3v) is 3.74. The molecule has 0 aliphatic rings. The molecule has 1 aromatic carbocycles. The van der Waals surface area contributed by atoms with Crippen LogP contribution in [0.15, 0.2) is 30.9 Å². The topological polar surface area (TPSA) is 65.4 Å². The van der Waals surface area contributed by atoms with E-state index in [-0.39, 0.29) is 5.91 Å². The number of benzene rings is 1. The van der Waals surface area contributed by atoms with Gasteiger partial charge in [-0.1, -0.05) is 18.5 Å². The molecule has 0 unspecified atom stereocenters. The smallest absolute Gasteiger partial charge is 0.251 e. The molecule has 25 heavy (non-hydrogen) atoms. The van der Waals surface area contributed by atoms with Gasteiger partial charge in [-0.15, -0.1) is 0 Å². The lowest BCUT2D eigenvalue weighted by molar-refractivity contribution is 0.0952. The first-order valence-electron chi connectivity index (χ1n) is 8.48. The number of carbonyl (C=O) groups is 1. The van der Waals surface area contributed by atoms with E-state index in [1.807, 2.05) is 24.6 Å². The van der Waals surface area contributed by atoms with Crippen molar-refractivity contribution >= 4 is 17.5 Å². The molecule has 6 nitrogen and oxygen atoms in total. The molecular formula is C18H24ClN3O3. The maximum absolute atomic E-state index is 12.4. The molecule has 0 saturated carbocycles. The second-order valence-corrected chi connectivity index (χ2v) is 5.88. The SMILES string of the molecule is CCCOc1c(Cl)cc(C(=O)NCCCn2ccnc2)cc1OCC. The number of aryl methyl sites for hydroxylation is 1. The molecule has 0 saturated heterocycles. The molecule has 0 aliphatic carbocycles. The number of amides is 1. The summed E-state index contributed by atoms with van der Waals surface area (Å²) in [7, 11) is 0. The quantitative estimate of drug-likeness (QED) is 0.654. The van der Waals surface area contributed by atoms with Crippen LogP contribution in [0.25, 0.3) is 0 Å². The molecule has 2 rings (SSSR count). The molecule has 1 heterocycles. The van der Waals surface area contributed by atoms with Gasteiger partial charge < -0.3 is 19.4 Å². The average Bonchev–Trinajstić information content (AvgIpc) is 3.11. The maximum atomic E-state index is 12.4. The number of ether oxygens (including phenoxy) is 2. The van der Waals surface area contributed by atoms with E-state index in [0.29, 0.717) is 41.8 Å². The molecule has 7 heteroatoms. The van der Waals surface area contributed by atoms with Crippen LogP contribution in [-0.4, -0.2) is 35.2 Å². The summed E-state index contributed by atoms with van der Waals surface area (Å²) in [4.78, 5) is 16.3. The summed E-state index contributed by atoms with van der Waals surface area (Å²) in [6.45, 7) is 6.26. The van der Waals surface area contributed by atoms with E-state index in [2.05, 4.69) is 10.3 Å². The van der Waals surface area contributed by atoms with Crippen LogP contribution >= 0.6 is 11.6 Å². The highest BCUT2D eigenvalue weighted by Gasteiger charge is 2.16. The van der Waals surface area contributed by atoms with Crippen LogP contribution < -0.4 is 14.8 Å². The first-order chi connectivity index (χ1) is 12.2. The Labute approximate surface area is 153 Å². The number of carbonyl (C=O) groups excluding carboxylic acids is 1. The third kappa shape index (κ3) is 5.67. The van der Waals surface area contributed by atoms with Crippen LogP contribution in [0.3, 0.4) is 0 Å². The highest BCUT2D eigenvalue weighted by molar-refractivity contribution is 6.32. The van der Waals surface area contributed by atoms with Crippen LogP contribution in [0.1, 0.15) is 37.0 Å². The molecule has 0 aliphatic heterocycles. The lowest BCUT2D eigenvalue weighted by atomic mass is 10.2. The molecule has 0 atom stereocenters. The second-order valence-electron chi connectivity index (χ2n) is 5.48. The van der Waals surface area contributed by atoms with E-state index in [0.717, 1.165) is 19.4 Å². The standard InChI is InChI=1S/C18H24ClN3O3/c1-3-10-25-17-15(19)11-14(12-16(17)24-4-2)18(23)21-6-5-8-22-9-7-20-13-22/h7,9,11-13H,3-6,8,10H2,1-2H3,(H,21,23). The Balaban J connectivity index is 1.98. The Kier molecular flexibility index (Phi) is 7.60. The number of hydrogen-bond acceptors (Lipinski definition) is 4. The minimum Gasteiger partial charge on any atom is -0.490 e. The summed E-state index contributed by atoms with van der Waals surface area (Å²) < 4.78 is 13.2. The Morgan fingerprint density at radius 3 is 2.84 bits per heavy atom. The highest BCUT2D eigenvalue weighted by atomic mass is 35.5. The van der Waals surface area contributed by atoms with Gasteiger partial charge in [0.1, 0.15) is 0 Å². The largest absolute Gasteiger partial charge is 0.490 e. The van der Waals surface area contributed by atoms with Crippen LogP contribution in [-0.2, 0) is 6.54 Å². The van der Waals surface area contributed by atoms with Crippen LogP contribution in [0, 0.1) is 0 Å². The molecule has 1 N–H and O–H groups in total. The first-order valence-corrected chi connectivity index (χ1v) is 8.86. The average molecular weight is 366 g/mol. The Hall–Kier alpha value is -2.21. The third-order valence-electron chi connectivity index (χ3n) is 3.46. The fourth-order valence-electron chi connectivity index (χ4n) is 2.29. The fraction of sp³-hybridized carbons (Fsp3) is 0.444. The summed E-state index contributed by atoms with van der Waals surface area (Å²) in [6.07, 6.45) is 7.06. The van der Waals surface area contributed by atoms with E-state index in [1.165, 1.54) is 0 Å². The van der Waals surface area contributed by atoms with Gasteiger partial charge in [0.25, 0.3) is 5.91 Å². The van der Waals surface area contributed by atoms with Crippen molar-refractivity contribution in [2.45, 2.75) is 33.2 Å². The van der Waals surface area contributed by atoms with E-state index in [9.17, 15) is 4.79 Å². The van der Waals surface area contributed by atoms with Crippen molar-refractivity contribution < 1.29 is 14.3 Å². The van der Waals surface area contributed by atoms with Crippen molar-refractivity contribution in [2.75, 3.05) is 19.8 Å². The molecule has 0 fully saturated rings. The van der Waals surface area contributed by atoms with Gasteiger partial charge >= 0.3 is 0 Å². The molecule has 136 valence electrons. The van der Waals surface area contributed by atoms with Crippen molar-refractivity contribution in [3.05, 3.63) is 41.4 Å². The first kappa shape index (κ1) is 19.1. The van der Waals surface area contributed by atoms with Gasteiger partial charge in [-0.25, -0.2) is 4.98 Å². The number of nitrogens with zero attached hydrogens (tertiary/aromatic N) is 2.